The lowest BCUT2D eigenvalue weighted by Gasteiger charge is -2.07. The number of carbonyl (C=O) groups excluding carboxylic acids is 2. The van der Waals surface area contributed by atoms with Crippen molar-refractivity contribution in [1.82, 2.24) is 9.71 Å². The largest absolute Gasteiger partial charge is 0.456 e. The van der Waals surface area contributed by atoms with Gasteiger partial charge >= 0.3 is 5.97 Å². The number of hydrogen-bond acceptors (Lipinski definition) is 7. The molecule has 0 saturated carbocycles. The molecule has 11 heteroatoms. The first kappa shape index (κ1) is 23.9. The van der Waals surface area contributed by atoms with Crippen LogP contribution in [0.2, 0.25) is 5.02 Å². The molecule has 1 aromatic heterocycles. The SMILES string of the molecule is Cc1ccc(-c2csc(NC(=O)COC(=O)CCNS(=O)(=O)c3ccc(Cl)cc3)n2)cc1. The number of ether oxygens (including phenoxy) is 1. The summed E-state index contributed by atoms with van der Waals surface area (Å²) in [6.45, 7) is 1.33. The zero-order chi connectivity index (χ0) is 23.1. The Morgan fingerprint density at radius 3 is 2.47 bits per heavy atom. The van der Waals surface area contributed by atoms with Gasteiger partial charge in [0.25, 0.3) is 5.91 Å². The number of anilines is 1. The molecule has 0 saturated heterocycles. The number of aromatic nitrogens is 1. The summed E-state index contributed by atoms with van der Waals surface area (Å²) in [5, 5.41) is 5.19. The molecule has 1 heterocycles. The van der Waals surface area contributed by atoms with E-state index in [1.807, 2.05) is 36.6 Å². The van der Waals surface area contributed by atoms with Crippen LogP contribution in [-0.4, -0.2) is 38.4 Å². The van der Waals surface area contributed by atoms with Crippen LogP contribution in [0.25, 0.3) is 11.3 Å². The summed E-state index contributed by atoms with van der Waals surface area (Å²) in [7, 11) is -3.77. The lowest BCUT2D eigenvalue weighted by Crippen LogP contribution is -2.27. The molecule has 3 aromatic rings. The molecule has 0 bridgehead atoms. The van der Waals surface area contributed by atoms with Crippen molar-refractivity contribution >= 4 is 50.0 Å². The van der Waals surface area contributed by atoms with Gasteiger partial charge in [-0.25, -0.2) is 18.1 Å². The average Bonchev–Trinajstić information content (AvgIpc) is 3.21. The summed E-state index contributed by atoms with van der Waals surface area (Å²) < 4.78 is 31.5. The van der Waals surface area contributed by atoms with E-state index in [4.69, 9.17) is 16.3 Å². The molecule has 0 fully saturated rings. The van der Waals surface area contributed by atoms with Crippen molar-refractivity contribution in [3.05, 3.63) is 64.5 Å². The maximum absolute atomic E-state index is 12.1. The number of hydrogen-bond donors (Lipinski definition) is 2. The highest BCUT2D eigenvalue weighted by Gasteiger charge is 2.15. The molecular weight excluding hydrogens is 474 g/mol. The molecule has 0 radical (unpaired) electrons. The molecule has 2 aromatic carbocycles. The van der Waals surface area contributed by atoms with Gasteiger partial charge in [-0.15, -0.1) is 11.3 Å². The quantitative estimate of drug-likeness (QED) is 0.440. The second-order valence-electron chi connectivity index (χ2n) is 6.71. The van der Waals surface area contributed by atoms with E-state index < -0.39 is 28.5 Å². The molecule has 0 atom stereocenters. The van der Waals surface area contributed by atoms with E-state index in [9.17, 15) is 18.0 Å². The van der Waals surface area contributed by atoms with E-state index in [0.29, 0.717) is 10.2 Å². The van der Waals surface area contributed by atoms with Gasteiger partial charge in [-0.1, -0.05) is 41.4 Å². The normalized spacial score (nSPS) is 11.2. The lowest BCUT2D eigenvalue weighted by molar-refractivity contribution is -0.147. The fourth-order valence-corrected chi connectivity index (χ4v) is 4.44. The molecular formula is C21H20ClN3O5S2. The van der Waals surface area contributed by atoms with Crippen LogP contribution in [0.15, 0.2) is 58.8 Å². The van der Waals surface area contributed by atoms with Crippen molar-refractivity contribution in [3.8, 4) is 11.3 Å². The lowest BCUT2D eigenvalue weighted by atomic mass is 10.1. The molecule has 32 heavy (non-hydrogen) atoms. The number of sulfonamides is 1. The topological polar surface area (TPSA) is 114 Å². The monoisotopic (exact) mass is 493 g/mol. The van der Waals surface area contributed by atoms with Crippen LogP contribution in [-0.2, 0) is 24.3 Å². The third kappa shape index (κ3) is 6.86. The van der Waals surface area contributed by atoms with E-state index in [1.54, 1.807) is 0 Å². The van der Waals surface area contributed by atoms with Crippen LogP contribution < -0.4 is 10.0 Å². The highest BCUT2D eigenvalue weighted by molar-refractivity contribution is 7.89. The van der Waals surface area contributed by atoms with Crippen molar-refractivity contribution in [3.63, 3.8) is 0 Å². The fraction of sp³-hybridized carbons (Fsp3) is 0.190. The number of halogens is 1. The molecule has 168 valence electrons. The number of benzene rings is 2. The van der Waals surface area contributed by atoms with Gasteiger partial charge < -0.3 is 4.74 Å². The van der Waals surface area contributed by atoms with Gasteiger partial charge in [-0.05, 0) is 31.2 Å². The number of carbonyl (C=O) groups is 2. The maximum Gasteiger partial charge on any atom is 0.307 e. The van der Waals surface area contributed by atoms with Gasteiger partial charge in [-0.3, -0.25) is 14.9 Å². The van der Waals surface area contributed by atoms with Gasteiger partial charge in [0.15, 0.2) is 11.7 Å². The van der Waals surface area contributed by atoms with E-state index >= 15 is 0 Å². The molecule has 8 nitrogen and oxygen atoms in total. The number of thiazole rings is 1. The second kappa shape index (κ2) is 10.7. The van der Waals surface area contributed by atoms with Gasteiger partial charge in [0.2, 0.25) is 10.0 Å². The number of nitrogens with one attached hydrogen (secondary N) is 2. The highest BCUT2D eigenvalue weighted by Crippen LogP contribution is 2.25. The minimum absolute atomic E-state index is 0.0306. The summed E-state index contributed by atoms with van der Waals surface area (Å²) >= 11 is 7.00. The Morgan fingerprint density at radius 1 is 1.09 bits per heavy atom. The smallest absolute Gasteiger partial charge is 0.307 e. The molecule has 1 amide bonds. The van der Waals surface area contributed by atoms with Crippen LogP contribution in [0.1, 0.15) is 12.0 Å². The van der Waals surface area contributed by atoms with Crippen LogP contribution in [0, 0.1) is 6.92 Å². The molecule has 0 spiro atoms. The Kier molecular flexibility index (Phi) is 7.97. The van der Waals surface area contributed by atoms with Gasteiger partial charge in [0.05, 0.1) is 17.0 Å². The second-order valence-corrected chi connectivity index (χ2v) is 9.78. The number of aryl methyl sites for hydroxylation is 1. The third-order valence-corrected chi connectivity index (χ3v) is 6.69. The Labute approximate surface area is 194 Å². The first-order chi connectivity index (χ1) is 15.2. The predicted molar refractivity (Wildman–Crippen MR) is 123 cm³/mol. The summed E-state index contributed by atoms with van der Waals surface area (Å²) in [5.41, 5.74) is 2.80. The summed E-state index contributed by atoms with van der Waals surface area (Å²) in [6, 6.07) is 13.5. The van der Waals surface area contributed by atoms with Crippen LogP contribution in [0.3, 0.4) is 0 Å². The van der Waals surface area contributed by atoms with Gasteiger partial charge in [0, 0.05) is 22.5 Å². The van der Waals surface area contributed by atoms with Gasteiger partial charge in [-0.2, -0.15) is 0 Å². The predicted octanol–water partition coefficient (Wildman–Crippen LogP) is 3.62. The number of nitrogens with zero attached hydrogens (tertiary/aromatic N) is 1. The van der Waals surface area contributed by atoms with Crippen molar-refractivity contribution in [1.29, 1.82) is 0 Å². The summed E-state index contributed by atoms with van der Waals surface area (Å²) in [4.78, 5) is 28.2. The molecule has 0 aliphatic heterocycles. The maximum atomic E-state index is 12.1. The number of esters is 1. The molecule has 3 rings (SSSR count). The first-order valence-electron chi connectivity index (χ1n) is 9.46. The van der Waals surface area contributed by atoms with Crippen LogP contribution in [0.5, 0.6) is 0 Å². The number of rotatable bonds is 9. The summed E-state index contributed by atoms with van der Waals surface area (Å²) in [6.07, 6.45) is -0.227. The average molecular weight is 494 g/mol. The zero-order valence-corrected chi connectivity index (χ0v) is 19.4. The Bertz CT molecular complexity index is 1190. The zero-order valence-electron chi connectivity index (χ0n) is 17.0. The van der Waals surface area contributed by atoms with E-state index in [1.165, 1.54) is 35.6 Å². The van der Waals surface area contributed by atoms with Crippen molar-refractivity contribution in [2.24, 2.45) is 0 Å². The molecule has 0 aliphatic rings. The Morgan fingerprint density at radius 2 is 1.78 bits per heavy atom. The fourth-order valence-electron chi connectivity index (χ4n) is 2.55. The van der Waals surface area contributed by atoms with Crippen LogP contribution in [0.4, 0.5) is 5.13 Å². The van der Waals surface area contributed by atoms with Crippen molar-refractivity contribution < 1.29 is 22.7 Å². The summed E-state index contributed by atoms with van der Waals surface area (Å²) in [5.74, 6) is -1.25. The van der Waals surface area contributed by atoms with Gasteiger partial charge in [0.1, 0.15) is 0 Å². The van der Waals surface area contributed by atoms with Crippen molar-refractivity contribution in [2.45, 2.75) is 18.2 Å². The van der Waals surface area contributed by atoms with E-state index in [2.05, 4.69) is 15.0 Å². The minimum atomic E-state index is -3.77. The third-order valence-electron chi connectivity index (χ3n) is 4.21. The Hall–Kier alpha value is -2.79. The van der Waals surface area contributed by atoms with Crippen LogP contribution >= 0.6 is 22.9 Å². The standard InChI is InChI=1S/C21H20ClN3O5S2/c1-14-2-4-15(5-3-14)18-13-31-21(24-18)25-19(26)12-30-20(27)10-11-23-32(28,29)17-8-6-16(22)7-9-17/h2-9,13,23H,10-12H2,1H3,(H,24,25,26). The molecule has 0 aliphatic carbocycles. The van der Waals surface area contributed by atoms with E-state index in [0.717, 1.165) is 16.8 Å². The molecule has 2 N–H and O–H groups in total. The Balaban J connectivity index is 1.41. The minimum Gasteiger partial charge on any atom is -0.456 e. The van der Waals surface area contributed by atoms with Crippen molar-refractivity contribution in [2.75, 3.05) is 18.5 Å². The van der Waals surface area contributed by atoms with E-state index in [-0.39, 0.29) is 17.9 Å². The number of amides is 1. The molecule has 0 unspecified atom stereocenters. The first-order valence-corrected chi connectivity index (χ1v) is 12.2. The highest BCUT2D eigenvalue weighted by atomic mass is 35.5.